The Labute approximate surface area is 183 Å². The highest BCUT2D eigenvalue weighted by Gasteiger charge is 2.21. The number of furan rings is 1. The highest BCUT2D eigenvalue weighted by molar-refractivity contribution is 6.30. The van der Waals surface area contributed by atoms with Crippen molar-refractivity contribution in [1.29, 1.82) is 0 Å². The molecule has 0 bridgehead atoms. The van der Waals surface area contributed by atoms with Crippen molar-refractivity contribution in [3.05, 3.63) is 59.0 Å². The fraction of sp³-hybridized carbons (Fsp3) is 0.522. The van der Waals surface area contributed by atoms with Gasteiger partial charge in [0.15, 0.2) is 5.96 Å². The molecule has 0 aliphatic carbocycles. The highest BCUT2D eigenvalue weighted by atomic mass is 35.5. The molecule has 162 valence electrons. The summed E-state index contributed by atoms with van der Waals surface area (Å²) in [6, 6.07) is 12.1. The van der Waals surface area contributed by atoms with E-state index in [0.29, 0.717) is 5.92 Å². The number of nitrogens with zero attached hydrogens (tertiary/aromatic N) is 3. The predicted octanol–water partition coefficient (Wildman–Crippen LogP) is 3.28. The minimum Gasteiger partial charge on any atom is -0.469 e. The predicted molar refractivity (Wildman–Crippen MR) is 120 cm³/mol. The van der Waals surface area contributed by atoms with Gasteiger partial charge in [-0.2, -0.15) is 0 Å². The van der Waals surface area contributed by atoms with Gasteiger partial charge in [0.2, 0.25) is 0 Å². The molecule has 1 unspecified atom stereocenters. The number of guanidine groups is 1. The van der Waals surface area contributed by atoms with Gasteiger partial charge >= 0.3 is 0 Å². The van der Waals surface area contributed by atoms with Crippen molar-refractivity contribution in [3.8, 4) is 0 Å². The van der Waals surface area contributed by atoms with Gasteiger partial charge < -0.3 is 19.4 Å². The van der Waals surface area contributed by atoms with Gasteiger partial charge in [-0.3, -0.25) is 9.89 Å². The lowest BCUT2D eigenvalue weighted by atomic mass is 10.1. The molecule has 2 aromatic rings. The van der Waals surface area contributed by atoms with E-state index in [0.717, 1.165) is 88.6 Å². The molecular weight excluding hydrogens is 400 g/mol. The van der Waals surface area contributed by atoms with E-state index in [1.165, 1.54) is 5.56 Å². The first kappa shape index (κ1) is 21.2. The Morgan fingerprint density at radius 1 is 1.13 bits per heavy atom. The van der Waals surface area contributed by atoms with Crippen LogP contribution in [0.1, 0.15) is 17.7 Å². The molecule has 4 rings (SSSR count). The van der Waals surface area contributed by atoms with Crippen molar-refractivity contribution in [2.75, 3.05) is 52.5 Å². The molecule has 1 atom stereocenters. The molecule has 0 saturated carbocycles. The maximum atomic E-state index is 6.01. The van der Waals surface area contributed by atoms with Crippen molar-refractivity contribution in [3.63, 3.8) is 0 Å². The van der Waals surface area contributed by atoms with Crippen LogP contribution in [0.15, 0.2) is 52.1 Å². The van der Waals surface area contributed by atoms with E-state index in [2.05, 4.69) is 27.2 Å². The molecule has 2 aliphatic heterocycles. The summed E-state index contributed by atoms with van der Waals surface area (Å²) >= 11 is 6.01. The Morgan fingerprint density at radius 3 is 2.67 bits per heavy atom. The van der Waals surface area contributed by atoms with Gasteiger partial charge in [0, 0.05) is 69.8 Å². The summed E-state index contributed by atoms with van der Waals surface area (Å²) in [5.41, 5.74) is 1.31. The normalized spacial score (nSPS) is 20.6. The smallest absolute Gasteiger partial charge is 0.194 e. The van der Waals surface area contributed by atoms with E-state index in [-0.39, 0.29) is 0 Å². The Kier molecular flexibility index (Phi) is 7.67. The number of hydrogen-bond acceptors (Lipinski definition) is 4. The molecule has 30 heavy (non-hydrogen) atoms. The quantitative estimate of drug-likeness (QED) is 0.539. The second-order valence-electron chi connectivity index (χ2n) is 8.04. The number of aliphatic imine (C=N–C) groups is 1. The molecule has 1 aromatic carbocycles. The van der Waals surface area contributed by atoms with Crippen molar-refractivity contribution in [1.82, 2.24) is 15.1 Å². The number of nitrogens with one attached hydrogen (secondary N) is 1. The molecule has 0 amide bonds. The monoisotopic (exact) mass is 430 g/mol. The molecule has 1 aromatic heterocycles. The molecule has 2 saturated heterocycles. The van der Waals surface area contributed by atoms with Gasteiger partial charge in [-0.25, -0.2) is 0 Å². The SMILES string of the molecule is Clc1ccc(CN2CCN(C(=NCC3CCOC3)NCCc3ccco3)CC2)cc1. The van der Waals surface area contributed by atoms with E-state index in [9.17, 15) is 0 Å². The van der Waals surface area contributed by atoms with Crippen LogP contribution in [-0.4, -0.2) is 68.2 Å². The average Bonchev–Trinajstić information content (AvgIpc) is 3.47. The van der Waals surface area contributed by atoms with E-state index in [1.54, 1.807) is 6.26 Å². The van der Waals surface area contributed by atoms with Gasteiger partial charge in [-0.1, -0.05) is 23.7 Å². The molecule has 6 nitrogen and oxygen atoms in total. The maximum Gasteiger partial charge on any atom is 0.194 e. The zero-order valence-corrected chi connectivity index (χ0v) is 18.2. The van der Waals surface area contributed by atoms with Gasteiger partial charge in [-0.05, 0) is 36.2 Å². The van der Waals surface area contributed by atoms with Crippen LogP contribution in [0.2, 0.25) is 5.02 Å². The van der Waals surface area contributed by atoms with E-state index < -0.39 is 0 Å². The highest BCUT2D eigenvalue weighted by Crippen LogP contribution is 2.15. The van der Waals surface area contributed by atoms with Gasteiger partial charge in [0.05, 0.1) is 12.9 Å². The van der Waals surface area contributed by atoms with Crippen molar-refractivity contribution in [2.24, 2.45) is 10.9 Å². The topological polar surface area (TPSA) is 53.2 Å². The third-order valence-corrected chi connectivity index (χ3v) is 6.00. The van der Waals surface area contributed by atoms with Crippen LogP contribution in [0, 0.1) is 5.92 Å². The standard InChI is InChI=1S/C23H31ClN4O2/c24-21-5-3-19(4-6-21)17-27-10-12-28(13-11-27)23(26-16-20-8-15-29-18-20)25-9-7-22-2-1-14-30-22/h1-6,14,20H,7-13,15-18H2,(H,25,26). The summed E-state index contributed by atoms with van der Waals surface area (Å²) in [6.45, 7) is 8.29. The minimum atomic E-state index is 0.540. The lowest BCUT2D eigenvalue weighted by molar-refractivity contribution is 0.172. The summed E-state index contributed by atoms with van der Waals surface area (Å²) < 4.78 is 11.0. The molecular formula is C23H31ClN4O2. The maximum absolute atomic E-state index is 6.01. The van der Waals surface area contributed by atoms with Gasteiger partial charge in [-0.15, -0.1) is 0 Å². The van der Waals surface area contributed by atoms with Crippen LogP contribution >= 0.6 is 11.6 Å². The van der Waals surface area contributed by atoms with Crippen LogP contribution in [0.3, 0.4) is 0 Å². The van der Waals surface area contributed by atoms with Crippen molar-refractivity contribution >= 4 is 17.6 Å². The third kappa shape index (κ3) is 6.24. The van der Waals surface area contributed by atoms with Gasteiger partial charge in [0.25, 0.3) is 0 Å². The molecule has 0 spiro atoms. The number of rotatable bonds is 7. The van der Waals surface area contributed by atoms with Crippen LogP contribution in [0.25, 0.3) is 0 Å². The molecule has 1 N–H and O–H groups in total. The molecule has 2 fully saturated rings. The molecule has 3 heterocycles. The first-order chi connectivity index (χ1) is 14.8. The summed E-state index contributed by atoms with van der Waals surface area (Å²) in [7, 11) is 0. The number of piperazine rings is 1. The molecule has 2 aliphatic rings. The number of hydrogen-bond donors (Lipinski definition) is 1. The minimum absolute atomic E-state index is 0.540. The first-order valence-electron chi connectivity index (χ1n) is 10.9. The van der Waals surface area contributed by atoms with Crippen molar-refractivity contribution in [2.45, 2.75) is 19.4 Å². The van der Waals surface area contributed by atoms with Gasteiger partial charge in [0.1, 0.15) is 5.76 Å². The second-order valence-corrected chi connectivity index (χ2v) is 8.48. The summed E-state index contributed by atoms with van der Waals surface area (Å²) in [5.74, 6) is 2.55. The first-order valence-corrected chi connectivity index (χ1v) is 11.2. The Bertz CT molecular complexity index is 780. The molecule has 7 heteroatoms. The lowest BCUT2D eigenvalue weighted by Crippen LogP contribution is -2.52. The van der Waals surface area contributed by atoms with Crippen LogP contribution in [0.5, 0.6) is 0 Å². The largest absolute Gasteiger partial charge is 0.469 e. The number of halogens is 1. The van der Waals surface area contributed by atoms with E-state index in [1.807, 2.05) is 24.3 Å². The number of ether oxygens (including phenoxy) is 1. The fourth-order valence-electron chi connectivity index (χ4n) is 3.93. The average molecular weight is 431 g/mol. The van der Waals surface area contributed by atoms with Crippen LogP contribution in [0.4, 0.5) is 0 Å². The van der Waals surface area contributed by atoms with E-state index >= 15 is 0 Å². The zero-order valence-electron chi connectivity index (χ0n) is 17.4. The Balaban J connectivity index is 1.30. The summed E-state index contributed by atoms with van der Waals surface area (Å²) in [6.07, 6.45) is 3.69. The van der Waals surface area contributed by atoms with Crippen LogP contribution < -0.4 is 5.32 Å². The Hall–Kier alpha value is -2.02. The summed E-state index contributed by atoms with van der Waals surface area (Å²) in [5, 5.41) is 4.35. The van der Waals surface area contributed by atoms with Crippen molar-refractivity contribution < 1.29 is 9.15 Å². The fourth-order valence-corrected chi connectivity index (χ4v) is 4.05. The number of benzene rings is 1. The lowest BCUT2D eigenvalue weighted by Gasteiger charge is -2.36. The van der Waals surface area contributed by atoms with Crippen LogP contribution in [-0.2, 0) is 17.7 Å². The third-order valence-electron chi connectivity index (χ3n) is 5.75. The van der Waals surface area contributed by atoms with E-state index in [4.69, 9.17) is 25.7 Å². The zero-order chi connectivity index (χ0) is 20.6. The Morgan fingerprint density at radius 2 is 1.97 bits per heavy atom. The second kappa shape index (κ2) is 10.8. The summed E-state index contributed by atoms with van der Waals surface area (Å²) in [4.78, 5) is 9.83. The molecule has 0 radical (unpaired) electrons.